The fraction of sp³-hybridized carbons (Fsp3) is 0.300. The summed E-state index contributed by atoms with van der Waals surface area (Å²) in [5, 5.41) is 8.94. The molecule has 150 valence electrons. The highest BCUT2D eigenvalue weighted by atomic mass is 19.4. The Balaban J connectivity index is 1.77. The van der Waals surface area contributed by atoms with Crippen molar-refractivity contribution < 1.29 is 18.0 Å². The van der Waals surface area contributed by atoms with Crippen LogP contribution in [0.4, 0.5) is 18.9 Å². The molecule has 0 radical (unpaired) electrons. The molecule has 28 heavy (non-hydrogen) atoms. The number of hydrogen-bond donors (Lipinski definition) is 3. The Hall–Kier alpha value is -3.03. The number of guanidine groups is 1. The number of amides is 1. The summed E-state index contributed by atoms with van der Waals surface area (Å²) < 4.78 is 37.7. The van der Waals surface area contributed by atoms with Crippen LogP contribution in [0, 0.1) is 0 Å². The lowest BCUT2D eigenvalue weighted by molar-refractivity contribution is -0.137. The molecule has 2 rings (SSSR count). The summed E-state index contributed by atoms with van der Waals surface area (Å²) in [7, 11) is 1.63. The minimum Gasteiger partial charge on any atom is -0.356 e. The van der Waals surface area contributed by atoms with Gasteiger partial charge in [-0.1, -0.05) is 24.3 Å². The summed E-state index contributed by atoms with van der Waals surface area (Å²) in [5.41, 5.74) is 1.91. The summed E-state index contributed by atoms with van der Waals surface area (Å²) in [5.74, 6) is 0.451. The maximum absolute atomic E-state index is 12.6. The molecule has 0 atom stereocenters. The fourth-order valence-electron chi connectivity index (χ4n) is 2.50. The van der Waals surface area contributed by atoms with Crippen LogP contribution in [0.25, 0.3) is 0 Å². The van der Waals surface area contributed by atoms with Crippen LogP contribution in [0.3, 0.4) is 0 Å². The lowest BCUT2D eigenvalue weighted by Gasteiger charge is -2.13. The van der Waals surface area contributed by atoms with E-state index >= 15 is 0 Å². The molecule has 0 aliphatic rings. The highest BCUT2D eigenvalue weighted by molar-refractivity contribution is 5.88. The van der Waals surface area contributed by atoms with Gasteiger partial charge in [0.2, 0.25) is 5.91 Å². The Kier molecular flexibility index (Phi) is 7.43. The second-order valence-electron chi connectivity index (χ2n) is 6.18. The molecule has 0 heterocycles. The number of carbonyl (C=O) groups is 1. The first-order chi connectivity index (χ1) is 13.3. The predicted octanol–water partition coefficient (Wildman–Crippen LogP) is 3.57. The van der Waals surface area contributed by atoms with Crippen molar-refractivity contribution in [1.29, 1.82) is 0 Å². The fourth-order valence-corrected chi connectivity index (χ4v) is 2.50. The smallest absolute Gasteiger partial charge is 0.356 e. The van der Waals surface area contributed by atoms with E-state index in [0.29, 0.717) is 19.0 Å². The number of aliphatic imine (C=N–C) groups is 1. The van der Waals surface area contributed by atoms with Gasteiger partial charge in [0.15, 0.2) is 5.96 Å². The molecule has 1 amide bonds. The van der Waals surface area contributed by atoms with Gasteiger partial charge in [0.1, 0.15) is 0 Å². The van der Waals surface area contributed by atoms with Gasteiger partial charge < -0.3 is 16.0 Å². The van der Waals surface area contributed by atoms with Crippen LogP contribution in [-0.4, -0.2) is 25.5 Å². The van der Waals surface area contributed by atoms with Crippen molar-refractivity contribution in [1.82, 2.24) is 10.6 Å². The second-order valence-corrected chi connectivity index (χ2v) is 6.18. The van der Waals surface area contributed by atoms with E-state index in [1.165, 1.54) is 19.1 Å². The summed E-state index contributed by atoms with van der Waals surface area (Å²) in [6.45, 7) is 2.45. The highest BCUT2D eigenvalue weighted by Crippen LogP contribution is 2.29. The molecule has 0 saturated carbocycles. The van der Waals surface area contributed by atoms with E-state index in [4.69, 9.17) is 0 Å². The quantitative estimate of drug-likeness (QED) is 0.520. The first-order valence-corrected chi connectivity index (χ1v) is 8.75. The Morgan fingerprint density at radius 3 is 2.11 bits per heavy atom. The van der Waals surface area contributed by atoms with Crippen LogP contribution in [0.1, 0.15) is 23.6 Å². The Bertz CT molecular complexity index is 800. The molecule has 0 saturated heterocycles. The Morgan fingerprint density at radius 1 is 0.964 bits per heavy atom. The lowest BCUT2D eigenvalue weighted by Crippen LogP contribution is -2.37. The number of benzene rings is 2. The molecule has 2 aromatic rings. The van der Waals surface area contributed by atoms with E-state index in [1.807, 2.05) is 24.3 Å². The molecular formula is C20H23F3N4O. The first-order valence-electron chi connectivity index (χ1n) is 8.75. The van der Waals surface area contributed by atoms with Gasteiger partial charge in [0, 0.05) is 32.7 Å². The van der Waals surface area contributed by atoms with E-state index in [-0.39, 0.29) is 5.91 Å². The third kappa shape index (κ3) is 6.94. The number of alkyl halides is 3. The summed E-state index contributed by atoms with van der Waals surface area (Å²) >= 11 is 0. The number of carbonyl (C=O) groups excluding carboxylic acids is 1. The minimum atomic E-state index is -4.33. The largest absolute Gasteiger partial charge is 0.416 e. The molecule has 0 aromatic heterocycles. The molecule has 0 unspecified atom stereocenters. The van der Waals surface area contributed by atoms with E-state index in [1.54, 1.807) is 7.05 Å². The number of nitrogens with zero attached hydrogens (tertiary/aromatic N) is 1. The molecular weight excluding hydrogens is 369 g/mol. The minimum absolute atomic E-state index is 0.114. The number of halogens is 3. The van der Waals surface area contributed by atoms with Gasteiger partial charge in [-0.25, -0.2) is 0 Å². The molecule has 0 aliphatic heterocycles. The summed E-state index contributed by atoms with van der Waals surface area (Å²) in [6, 6.07) is 12.6. The van der Waals surface area contributed by atoms with Gasteiger partial charge in [-0.05, 0) is 41.8 Å². The van der Waals surface area contributed by atoms with Crippen LogP contribution in [0.2, 0.25) is 0 Å². The third-order valence-electron chi connectivity index (χ3n) is 3.95. The molecule has 2 aromatic carbocycles. The van der Waals surface area contributed by atoms with Gasteiger partial charge in [-0.15, -0.1) is 0 Å². The van der Waals surface area contributed by atoms with Crippen molar-refractivity contribution in [2.24, 2.45) is 4.99 Å². The van der Waals surface area contributed by atoms with Crippen molar-refractivity contribution in [2.45, 2.75) is 26.1 Å². The summed E-state index contributed by atoms with van der Waals surface area (Å²) in [4.78, 5) is 15.1. The number of anilines is 1. The van der Waals surface area contributed by atoms with Gasteiger partial charge >= 0.3 is 6.18 Å². The van der Waals surface area contributed by atoms with Crippen molar-refractivity contribution >= 4 is 17.6 Å². The normalized spacial score (nSPS) is 11.8. The highest BCUT2D eigenvalue weighted by Gasteiger charge is 2.29. The predicted molar refractivity (Wildman–Crippen MR) is 104 cm³/mol. The van der Waals surface area contributed by atoms with Crippen LogP contribution in [0.15, 0.2) is 53.5 Å². The maximum atomic E-state index is 12.6. The molecule has 3 N–H and O–H groups in total. The van der Waals surface area contributed by atoms with E-state index in [2.05, 4.69) is 20.9 Å². The molecule has 0 fully saturated rings. The maximum Gasteiger partial charge on any atom is 0.416 e. The molecule has 8 heteroatoms. The topological polar surface area (TPSA) is 65.5 Å². The third-order valence-corrected chi connectivity index (χ3v) is 3.95. The Morgan fingerprint density at radius 2 is 1.57 bits per heavy atom. The number of hydrogen-bond acceptors (Lipinski definition) is 2. The Labute approximate surface area is 162 Å². The van der Waals surface area contributed by atoms with Gasteiger partial charge in [-0.3, -0.25) is 9.79 Å². The van der Waals surface area contributed by atoms with Gasteiger partial charge in [0.25, 0.3) is 0 Å². The molecule has 0 aliphatic carbocycles. The standard InChI is InChI=1S/C20H23F3N4O/c1-14(28)27-18-9-5-15(6-10-18)11-12-25-19(24-2)26-13-16-3-7-17(8-4-16)20(21,22)23/h3-10H,11-13H2,1-2H3,(H,27,28)(H2,24,25,26). The molecule has 5 nitrogen and oxygen atoms in total. The summed E-state index contributed by atoms with van der Waals surface area (Å²) in [6.07, 6.45) is -3.58. The van der Waals surface area contributed by atoms with E-state index in [0.717, 1.165) is 35.4 Å². The average Bonchev–Trinajstić information content (AvgIpc) is 2.65. The van der Waals surface area contributed by atoms with Crippen LogP contribution in [-0.2, 0) is 23.9 Å². The average molecular weight is 392 g/mol. The van der Waals surface area contributed by atoms with Crippen LogP contribution in [0.5, 0.6) is 0 Å². The monoisotopic (exact) mass is 392 g/mol. The van der Waals surface area contributed by atoms with Crippen molar-refractivity contribution in [3.63, 3.8) is 0 Å². The van der Waals surface area contributed by atoms with Crippen LogP contribution < -0.4 is 16.0 Å². The van der Waals surface area contributed by atoms with Gasteiger partial charge in [-0.2, -0.15) is 13.2 Å². The molecule has 0 bridgehead atoms. The van der Waals surface area contributed by atoms with Crippen molar-refractivity contribution in [2.75, 3.05) is 18.9 Å². The zero-order valence-electron chi connectivity index (χ0n) is 15.7. The number of rotatable bonds is 6. The van der Waals surface area contributed by atoms with Gasteiger partial charge in [0.05, 0.1) is 5.56 Å². The first kappa shape index (κ1) is 21.3. The number of nitrogens with one attached hydrogen (secondary N) is 3. The van der Waals surface area contributed by atoms with E-state index in [9.17, 15) is 18.0 Å². The zero-order valence-corrected chi connectivity index (χ0v) is 15.7. The molecule has 0 spiro atoms. The zero-order chi connectivity index (χ0) is 20.6. The van der Waals surface area contributed by atoms with Crippen LogP contribution >= 0.6 is 0 Å². The van der Waals surface area contributed by atoms with Crippen molar-refractivity contribution in [3.8, 4) is 0 Å². The SMILES string of the molecule is CN=C(NCCc1ccc(NC(C)=O)cc1)NCc1ccc(C(F)(F)F)cc1. The lowest BCUT2D eigenvalue weighted by atomic mass is 10.1. The second kappa shape index (κ2) is 9.77. The van der Waals surface area contributed by atoms with E-state index < -0.39 is 11.7 Å². The van der Waals surface area contributed by atoms with Crippen molar-refractivity contribution in [3.05, 3.63) is 65.2 Å².